The fourth-order valence-corrected chi connectivity index (χ4v) is 2.98. The van der Waals surface area contributed by atoms with Crippen LogP contribution in [-0.4, -0.2) is 10.9 Å². The van der Waals surface area contributed by atoms with Crippen molar-refractivity contribution < 1.29 is 9.90 Å². The number of carbonyl (C=O) groups excluding carboxylic acids is 1. The molecule has 114 valence electrons. The highest BCUT2D eigenvalue weighted by Crippen LogP contribution is 2.28. The first kappa shape index (κ1) is 15.8. The molecule has 0 unspecified atom stereocenters. The van der Waals surface area contributed by atoms with Crippen molar-refractivity contribution in [2.24, 2.45) is 0 Å². The maximum absolute atomic E-state index is 12.3. The van der Waals surface area contributed by atoms with E-state index in [1.807, 2.05) is 36.4 Å². The molecule has 0 fully saturated rings. The van der Waals surface area contributed by atoms with Gasteiger partial charge in [0.15, 0.2) is 5.78 Å². The van der Waals surface area contributed by atoms with E-state index in [0.717, 1.165) is 20.8 Å². The van der Waals surface area contributed by atoms with Crippen molar-refractivity contribution in [3.05, 3.63) is 81.3 Å². The van der Waals surface area contributed by atoms with Crippen molar-refractivity contribution in [1.29, 1.82) is 0 Å². The Bertz CT molecular complexity index is 932. The Kier molecular flexibility index (Phi) is 4.51. The molecule has 0 amide bonds. The zero-order valence-electron chi connectivity index (χ0n) is 12.0. The normalized spacial score (nSPS) is 11.2. The van der Waals surface area contributed by atoms with Crippen molar-refractivity contribution in [2.75, 3.05) is 0 Å². The van der Waals surface area contributed by atoms with Crippen LogP contribution in [0.3, 0.4) is 0 Å². The Hall–Kier alpha value is -2.10. The number of halogens is 2. The summed E-state index contributed by atoms with van der Waals surface area (Å²) in [6, 6.07) is 16.2. The summed E-state index contributed by atoms with van der Waals surface area (Å²) >= 11 is 9.50. The standard InChI is InChI=1S/C19H12BrClO2/c20-13-7-10-19(23)16(11-13)18(22)9-6-12-5-8-17(21)15-4-2-1-3-14(12)15/h1-11,23H/b9-6+. The van der Waals surface area contributed by atoms with Crippen molar-refractivity contribution in [1.82, 2.24) is 0 Å². The molecule has 0 radical (unpaired) electrons. The minimum Gasteiger partial charge on any atom is -0.507 e. The second-order valence-corrected chi connectivity index (χ2v) is 6.36. The molecule has 0 spiro atoms. The smallest absolute Gasteiger partial charge is 0.189 e. The Balaban J connectivity index is 1.99. The van der Waals surface area contributed by atoms with Crippen LogP contribution in [0.1, 0.15) is 15.9 Å². The third-order valence-corrected chi connectivity index (χ3v) is 4.37. The molecule has 0 atom stereocenters. The molecule has 4 heteroatoms. The number of rotatable bonds is 3. The number of phenolic OH excluding ortho intramolecular Hbond substituents is 1. The first-order valence-electron chi connectivity index (χ1n) is 6.94. The molecule has 3 rings (SSSR count). The summed E-state index contributed by atoms with van der Waals surface area (Å²) in [4.78, 5) is 12.3. The van der Waals surface area contributed by atoms with Gasteiger partial charge in [-0.25, -0.2) is 0 Å². The Morgan fingerprint density at radius 3 is 2.57 bits per heavy atom. The predicted octanol–water partition coefficient (Wildman–Crippen LogP) is 5.86. The third kappa shape index (κ3) is 3.31. The highest BCUT2D eigenvalue weighted by atomic mass is 79.9. The molecule has 0 saturated carbocycles. The number of ketones is 1. The molecule has 2 nitrogen and oxygen atoms in total. The van der Waals surface area contributed by atoms with Crippen LogP contribution in [0.25, 0.3) is 16.8 Å². The summed E-state index contributed by atoms with van der Waals surface area (Å²) in [6.45, 7) is 0. The van der Waals surface area contributed by atoms with Gasteiger partial charge in [-0.3, -0.25) is 4.79 Å². The number of phenols is 1. The minimum absolute atomic E-state index is 0.0381. The lowest BCUT2D eigenvalue weighted by Gasteiger charge is -2.04. The number of hydrogen-bond donors (Lipinski definition) is 1. The number of aromatic hydroxyl groups is 1. The van der Waals surface area contributed by atoms with Crippen LogP contribution in [-0.2, 0) is 0 Å². The van der Waals surface area contributed by atoms with Crippen molar-refractivity contribution in [3.8, 4) is 5.75 Å². The molecule has 0 saturated heterocycles. The van der Waals surface area contributed by atoms with E-state index in [4.69, 9.17) is 11.6 Å². The Morgan fingerprint density at radius 2 is 1.78 bits per heavy atom. The fourth-order valence-electron chi connectivity index (χ4n) is 2.39. The van der Waals surface area contributed by atoms with E-state index in [2.05, 4.69) is 15.9 Å². The number of fused-ring (bicyclic) bond motifs is 1. The molecule has 3 aromatic carbocycles. The van der Waals surface area contributed by atoms with Crippen LogP contribution in [0.5, 0.6) is 5.75 Å². The van der Waals surface area contributed by atoms with Gasteiger partial charge in [0.25, 0.3) is 0 Å². The van der Waals surface area contributed by atoms with Crippen LogP contribution < -0.4 is 0 Å². The van der Waals surface area contributed by atoms with Crippen LogP contribution in [0.2, 0.25) is 5.02 Å². The Morgan fingerprint density at radius 1 is 1.04 bits per heavy atom. The van der Waals surface area contributed by atoms with Crippen LogP contribution in [0.4, 0.5) is 0 Å². The largest absolute Gasteiger partial charge is 0.507 e. The topological polar surface area (TPSA) is 37.3 Å². The lowest BCUT2D eigenvalue weighted by atomic mass is 10.0. The maximum Gasteiger partial charge on any atom is 0.189 e. The van der Waals surface area contributed by atoms with Crippen LogP contribution in [0, 0.1) is 0 Å². The average molecular weight is 388 g/mol. The SMILES string of the molecule is O=C(/C=C/c1ccc(Cl)c2ccccc12)c1cc(Br)ccc1O. The molecule has 0 aliphatic carbocycles. The van der Waals surface area contributed by atoms with E-state index in [1.165, 1.54) is 12.1 Å². The molecule has 0 aromatic heterocycles. The minimum atomic E-state index is -0.261. The van der Waals surface area contributed by atoms with E-state index in [9.17, 15) is 9.90 Å². The zero-order chi connectivity index (χ0) is 16.4. The van der Waals surface area contributed by atoms with Gasteiger partial charge in [-0.15, -0.1) is 0 Å². The fraction of sp³-hybridized carbons (Fsp3) is 0. The van der Waals surface area contributed by atoms with E-state index in [1.54, 1.807) is 18.2 Å². The summed E-state index contributed by atoms with van der Waals surface area (Å²) in [5.41, 5.74) is 1.15. The van der Waals surface area contributed by atoms with Gasteiger partial charge in [0.1, 0.15) is 5.75 Å². The average Bonchev–Trinajstić information content (AvgIpc) is 2.56. The van der Waals surface area contributed by atoms with E-state index < -0.39 is 0 Å². The Labute approximate surface area is 147 Å². The van der Waals surface area contributed by atoms with Gasteiger partial charge >= 0.3 is 0 Å². The van der Waals surface area contributed by atoms with Gasteiger partial charge < -0.3 is 5.11 Å². The third-order valence-electron chi connectivity index (χ3n) is 3.54. The quantitative estimate of drug-likeness (QED) is 0.451. The van der Waals surface area contributed by atoms with E-state index >= 15 is 0 Å². The predicted molar refractivity (Wildman–Crippen MR) is 98.1 cm³/mol. The molecule has 0 bridgehead atoms. The van der Waals surface area contributed by atoms with Gasteiger partial charge in [-0.2, -0.15) is 0 Å². The second kappa shape index (κ2) is 6.57. The van der Waals surface area contributed by atoms with Crippen LogP contribution in [0.15, 0.2) is 65.1 Å². The van der Waals surface area contributed by atoms with Crippen LogP contribution >= 0.6 is 27.5 Å². The molecule has 23 heavy (non-hydrogen) atoms. The number of carbonyl (C=O) groups is 1. The zero-order valence-corrected chi connectivity index (χ0v) is 14.3. The highest BCUT2D eigenvalue weighted by Gasteiger charge is 2.09. The lowest BCUT2D eigenvalue weighted by Crippen LogP contribution is -1.95. The van der Waals surface area contributed by atoms with Gasteiger partial charge in [0.2, 0.25) is 0 Å². The molecule has 1 N–H and O–H groups in total. The van der Waals surface area contributed by atoms with Gasteiger partial charge in [-0.1, -0.05) is 63.9 Å². The van der Waals surface area contributed by atoms with Crippen molar-refractivity contribution >= 4 is 50.2 Å². The first-order valence-corrected chi connectivity index (χ1v) is 8.11. The van der Waals surface area contributed by atoms with Gasteiger partial charge in [0.05, 0.1) is 5.56 Å². The summed E-state index contributed by atoms with van der Waals surface area (Å²) in [6.07, 6.45) is 3.19. The number of benzene rings is 3. The maximum atomic E-state index is 12.3. The van der Waals surface area contributed by atoms with Crippen molar-refractivity contribution in [2.45, 2.75) is 0 Å². The number of allylic oxidation sites excluding steroid dienone is 1. The highest BCUT2D eigenvalue weighted by molar-refractivity contribution is 9.10. The molecular weight excluding hydrogens is 376 g/mol. The second-order valence-electron chi connectivity index (χ2n) is 5.04. The summed E-state index contributed by atoms with van der Waals surface area (Å²) in [5.74, 6) is -0.299. The first-order chi connectivity index (χ1) is 11.1. The summed E-state index contributed by atoms with van der Waals surface area (Å²) < 4.78 is 0.740. The van der Waals surface area contributed by atoms with Crippen molar-refractivity contribution in [3.63, 3.8) is 0 Å². The molecule has 0 aliphatic rings. The molecular formula is C19H12BrClO2. The number of hydrogen-bond acceptors (Lipinski definition) is 2. The van der Waals surface area contributed by atoms with Gasteiger partial charge in [-0.05, 0) is 41.3 Å². The summed E-state index contributed by atoms with van der Waals surface area (Å²) in [5, 5.41) is 12.4. The molecule has 0 heterocycles. The summed E-state index contributed by atoms with van der Waals surface area (Å²) in [7, 11) is 0. The van der Waals surface area contributed by atoms with Gasteiger partial charge in [0, 0.05) is 14.9 Å². The van der Waals surface area contributed by atoms with E-state index in [0.29, 0.717) is 5.02 Å². The lowest BCUT2D eigenvalue weighted by molar-refractivity contribution is 0.104. The molecule has 0 aliphatic heterocycles. The molecule has 3 aromatic rings. The van der Waals surface area contributed by atoms with E-state index in [-0.39, 0.29) is 17.1 Å². The monoisotopic (exact) mass is 386 g/mol.